The molecule has 0 atom stereocenters. The maximum absolute atomic E-state index is 6.38. The summed E-state index contributed by atoms with van der Waals surface area (Å²) in [5.74, 6) is 1.47. The van der Waals surface area contributed by atoms with Gasteiger partial charge in [0.25, 0.3) is 0 Å². The summed E-state index contributed by atoms with van der Waals surface area (Å²) < 4.78 is 3.27. The molecule has 0 saturated heterocycles. The van der Waals surface area contributed by atoms with Gasteiger partial charge in [-0.25, -0.2) is 4.98 Å². The van der Waals surface area contributed by atoms with Crippen LogP contribution in [0.2, 0.25) is 5.02 Å². The Morgan fingerprint density at radius 1 is 1.10 bits per heavy atom. The van der Waals surface area contributed by atoms with Gasteiger partial charge in [0, 0.05) is 15.9 Å². The number of benzene rings is 2. The summed E-state index contributed by atoms with van der Waals surface area (Å²) in [7, 11) is 0. The fourth-order valence-corrected chi connectivity index (χ4v) is 3.33. The Labute approximate surface area is 140 Å². The minimum absolute atomic E-state index is 0.532. The van der Waals surface area contributed by atoms with Gasteiger partial charge >= 0.3 is 0 Å². The van der Waals surface area contributed by atoms with Gasteiger partial charge in [-0.05, 0) is 46.9 Å². The average molecular weight is 417 g/mol. The Bertz CT molecular complexity index is 768. The van der Waals surface area contributed by atoms with Crippen molar-refractivity contribution >= 4 is 56.8 Å². The Morgan fingerprint density at radius 2 is 1.90 bits per heavy atom. The van der Waals surface area contributed by atoms with Crippen molar-refractivity contribution in [1.82, 2.24) is 9.55 Å². The first kappa shape index (κ1) is 14.2. The molecule has 0 bridgehead atoms. The topological polar surface area (TPSA) is 17.8 Å². The molecule has 0 spiro atoms. The van der Waals surface area contributed by atoms with Crippen molar-refractivity contribution in [3.63, 3.8) is 0 Å². The van der Waals surface area contributed by atoms with Gasteiger partial charge in [-0.2, -0.15) is 0 Å². The fourth-order valence-electron chi connectivity index (χ4n) is 2.28. The number of imidazole rings is 1. The lowest BCUT2D eigenvalue weighted by atomic mass is 10.2. The first-order chi connectivity index (χ1) is 9.72. The molecule has 0 saturated carbocycles. The Morgan fingerprint density at radius 3 is 2.65 bits per heavy atom. The van der Waals surface area contributed by atoms with E-state index in [9.17, 15) is 0 Å². The van der Waals surface area contributed by atoms with Gasteiger partial charge in [0.2, 0.25) is 0 Å². The number of hydrogen-bond acceptors (Lipinski definition) is 1. The van der Waals surface area contributed by atoms with E-state index in [0.717, 1.165) is 26.1 Å². The Balaban J connectivity index is 2.37. The third-order valence-electron chi connectivity index (χ3n) is 3.11. The van der Waals surface area contributed by atoms with Gasteiger partial charge in [-0.1, -0.05) is 29.8 Å². The molecule has 0 amide bonds. The quantitative estimate of drug-likeness (QED) is 0.430. The van der Waals surface area contributed by atoms with Crippen LogP contribution in [0, 0.1) is 3.57 Å². The van der Waals surface area contributed by atoms with E-state index in [0.29, 0.717) is 17.3 Å². The molecular weight excluding hydrogens is 406 g/mol. The molecule has 0 unspecified atom stereocenters. The van der Waals surface area contributed by atoms with Crippen molar-refractivity contribution in [3.05, 3.63) is 56.9 Å². The van der Waals surface area contributed by atoms with Crippen LogP contribution >= 0.6 is 45.8 Å². The summed E-state index contributed by atoms with van der Waals surface area (Å²) in [5.41, 5.74) is 2.93. The molecule has 0 aliphatic heterocycles. The van der Waals surface area contributed by atoms with Crippen LogP contribution in [0.3, 0.4) is 0 Å². The highest BCUT2D eigenvalue weighted by atomic mass is 127. The summed E-state index contributed by atoms with van der Waals surface area (Å²) in [6.07, 6.45) is 0.706. The lowest BCUT2D eigenvalue weighted by Gasteiger charge is -2.11. The highest BCUT2D eigenvalue weighted by Gasteiger charge is 2.15. The number of fused-ring (bicyclic) bond motifs is 1. The summed E-state index contributed by atoms with van der Waals surface area (Å²) in [5, 5.41) is 0.704. The molecule has 0 N–H and O–H groups in total. The SMILES string of the molecule is ClCCc1nc2cccc(Cl)c2n1-c1ccccc1I. The lowest BCUT2D eigenvalue weighted by molar-refractivity contribution is 0.909. The predicted octanol–water partition coefficient (Wildman–Crippen LogP) is 5.06. The molecule has 0 aliphatic rings. The van der Waals surface area contributed by atoms with Crippen molar-refractivity contribution in [1.29, 1.82) is 0 Å². The van der Waals surface area contributed by atoms with Crippen LogP contribution in [0.15, 0.2) is 42.5 Å². The van der Waals surface area contributed by atoms with Gasteiger partial charge in [-0.15, -0.1) is 11.6 Å². The number of aromatic nitrogens is 2. The first-order valence-corrected chi connectivity index (χ1v) is 8.18. The van der Waals surface area contributed by atoms with Gasteiger partial charge in [0.05, 0.1) is 21.7 Å². The van der Waals surface area contributed by atoms with Crippen LogP contribution in [-0.4, -0.2) is 15.4 Å². The van der Waals surface area contributed by atoms with Crippen molar-refractivity contribution < 1.29 is 0 Å². The van der Waals surface area contributed by atoms with Crippen molar-refractivity contribution in [2.75, 3.05) is 5.88 Å². The summed E-state index contributed by atoms with van der Waals surface area (Å²) >= 11 is 14.6. The van der Waals surface area contributed by atoms with Crippen molar-refractivity contribution in [2.24, 2.45) is 0 Å². The zero-order chi connectivity index (χ0) is 14.1. The van der Waals surface area contributed by atoms with Gasteiger partial charge < -0.3 is 0 Å². The number of alkyl halides is 1. The number of para-hydroxylation sites is 2. The molecule has 1 aromatic heterocycles. The second kappa shape index (κ2) is 5.92. The highest BCUT2D eigenvalue weighted by molar-refractivity contribution is 14.1. The van der Waals surface area contributed by atoms with Gasteiger partial charge in [0.1, 0.15) is 5.82 Å². The molecular formula is C15H11Cl2IN2. The minimum Gasteiger partial charge on any atom is -0.294 e. The number of nitrogens with zero attached hydrogens (tertiary/aromatic N) is 2. The van der Waals surface area contributed by atoms with Crippen LogP contribution in [-0.2, 0) is 6.42 Å². The second-order valence-corrected chi connectivity index (χ2v) is 6.31. The van der Waals surface area contributed by atoms with Crippen LogP contribution in [0.4, 0.5) is 0 Å². The molecule has 0 aliphatic carbocycles. The molecule has 2 nitrogen and oxygen atoms in total. The summed E-state index contributed by atoms with van der Waals surface area (Å²) in [6, 6.07) is 14.0. The standard InChI is InChI=1S/C15H11Cl2IN2/c16-9-8-14-19-12-6-3-4-10(17)15(12)20(14)13-7-2-1-5-11(13)18/h1-7H,8-9H2. The van der Waals surface area contributed by atoms with Gasteiger partial charge in [0.15, 0.2) is 0 Å². The van der Waals surface area contributed by atoms with E-state index in [2.05, 4.69) is 44.3 Å². The zero-order valence-electron chi connectivity index (χ0n) is 10.5. The average Bonchev–Trinajstić information content (AvgIpc) is 2.79. The third-order valence-corrected chi connectivity index (χ3v) is 4.51. The number of aryl methyl sites for hydroxylation is 1. The molecule has 0 radical (unpaired) electrons. The van der Waals surface area contributed by atoms with Crippen LogP contribution in [0.5, 0.6) is 0 Å². The fraction of sp³-hybridized carbons (Fsp3) is 0.133. The summed E-state index contributed by atoms with van der Waals surface area (Å²) in [6.45, 7) is 0. The zero-order valence-corrected chi connectivity index (χ0v) is 14.2. The van der Waals surface area contributed by atoms with Crippen LogP contribution < -0.4 is 0 Å². The maximum Gasteiger partial charge on any atom is 0.115 e. The molecule has 0 fully saturated rings. The number of hydrogen-bond donors (Lipinski definition) is 0. The van der Waals surface area contributed by atoms with Gasteiger partial charge in [-0.3, -0.25) is 4.57 Å². The summed E-state index contributed by atoms with van der Waals surface area (Å²) in [4.78, 5) is 4.67. The normalized spacial score (nSPS) is 11.2. The Kier molecular flexibility index (Phi) is 4.19. The molecule has 5 heteroatoms. The van der Waals surface area contributed by atoms with E-state index in [4.69, 9.17) is 23.2 Å². The molecule has 3 aromatic rings. The van der Waals surface area contributed by atoms with E-state index in [1.165, 1.54) is 0 Å². The molecule has 102 valence electrons. The van der Waals surface area contributed by atoms with Crippen molar-refractivity contribution in [2.45, 2.75) is 6.42 Å². The van der Waals surface area contributed by atoms with E-state index < -0.39 is 0 Å². The molecule has 1 heterocycles. The smallest absolute Gasteiger partial charge is 0.115 e. The molecule has 3 rings (SSSR count). The number of rotatable bonds is 3. The highest BCUT2D eigenvalue weighted by Crippen LogP contribution is 2.30. The third kappa shape index (κ3) is 2.43. The van der Waals surface area contributed by atoms with E-state index >= 15 is 0 Å². The predicted molar refractivity (Wildman–Crippen MR) is 93.2 cm³/mol. The molecule has 2 aromatic carbocycles. The first-order valence-electron chi connectivity index (χ1n) is 6.19. The largest absolute Gasteiger partial charge is 0.294 e. The Hall–Kier alpha value is -0.780. The minimum atomic E-state index is 0.532. The monoisotopic (exact) mass is 416 g/mol. The van der Waals surface area contributed by atoms with E-state index in [1.54, 1.807) is 0 Å². The number of halogens is 3. The van der Waals surface area contributed by atoms with E-state index in [1.807, 2.05) is 30.3 Å². The lowest BCUT2D eigenvalue weighted by Crippen LogP contribution is -2.04. The van der Waals surface area contributed by atoms with Crippen molar-refractivity contribution in [3.8, 4) is 5.69 Å². The maximum atomic E-state index is 6.38. The van der Waals surface area contributed by atoms with E-state index in [-0.39, 0.29) is 0 Å². The van der Waals surface area contributed by atoms with Crippen LogP contribution in [0.1, 0.15) is 5.82 Å². The molecule has 20 heavy (non-hydrogen) atoms. The second-order valence-electron chi connectivity index (χ2n) is 4.36. The van der Waals surface area contributed by atoms with Crippen LogP contribution in [0.25, 0.3) is 16.7 Å².